The molecule has 4 heteroatoms. The van der Waals surface area contributed by atoms with Crippen molar-refractivity contribution >= 4 is 11.7 Å². The van der Waals surface area contributed by atoms with E-state index in [1.54, 1.807) is 6.07 Å². The van der Waals surface area contributed by atoms with Crippen LogP contribution in [0, 0.1) is 0 Å². The molecule has 3 rings (SSSR count). The summed E-state index contributed by atoms with van der Waals surface area (Å²) in [6.45, 7) is 5.52. The van der Waals surface area contributed by atoms with E-state index in [0.29, 0.717) is 18.3 Å². The van der Waals surface area contributed by atoms with Crippen LogP contribution in [0.5, 0.6) is 0 Å². The number of carbonyl (C=O) groups excluding carboxylic acids is 1. The third-order valence-electron chi connectivity index (χ3n) is 3.82. The molecule has 0 saturated heterocycles. The maximum Gasteiger partial charge on any atom is 0.272 e. The smallest absolute Gasteiger partial charge is 0.272 e. The summed E-state index contributed by atoms with van der Waals surface area (Å²) in [4.78, 5) is 19.0. The Bertz CT molecular complexity index is 682. The van der Waals surface area contributed by atoms with Crippen molar-refractivity contribution in [3.63, 3.8) is 0 Å². The van der Waals surface area contributed by atoms with Crippen molar-refractivity contribution in [2.75, 3.05) is 11.9 Å². The molecule has 0 aliphatic carbocycles. The Balaban J connectivity index is 1.77. The zero-order chi connectivity index (χ0) is 15.5. The lowest BCUT2D eigenvalue weighted by atomic mass is 10.00. The SMILES string of the molecule is CC(C)Nc1cccc(C(=O)N2CCc3ccccc3C2)n1. The molecule has 0 radical (unpaired) electrons. The molecule has 2 heterocycles. The molecule has 0 bridgehead atoms. The van der Waals surface area contributed by atoms with Gasteiger partial charge in [-0.2, -0.15) is 0 Å². The van der Waals surface area contributed by atoms with Crippen molar-refractivity contribution in [2.24, 2.45) is 0 Å². The Morgan fingerprint density at radius 1 is 1.14 bits per heavy atom. The summed E-state index contributed by atoms with van der Waals surface area (Å²) in [5.74, 6) is 0.750. The first-order valence-electron chi connectivity index (χ1n) is 7.73. The Labute approximate surface area is 131 Å². The number of hydrogen-bond donors (Lipinski definition) is 1. The van der Waals surface area contributed by atoms with Gasteiger partial charge < -0.3 is 10.2 Å². The summed E-state index contributed by atoms with van der Waals surface area (Å²) in [5, 5.41) is 3.24. The first kappa shape index (κ1) is 14.6. The second-order valence-electron chi connectivity index (χ2n) is 5.95. The number of pyridine rings is 1. The molecule has 0 spiro atoms. The maximum absolute atomic E-state index is 12.7. The van der Waals surface area contributed by atoms with Crippen molar-refractivity contribution < 1.29 is 4.79 Å². The number of rotatable bonds is 3. The fourth-order valence-corrected chi connectivity index (χ4v) is 2.76. The first-order chi connectivity index (χ1) is 10.6. The predicted octanol–water partition coefficient (Wildman–Crippen LogP) is 3.10. The molecular weight excluding hydrogens is 274 g/mol. The molecule has 22 heavy (non-hydrogen) atoms. The summed E-state index contributed by atoms with van der Waals surface area (Å²) < 4.78 is 0. The van der Waals surface area contributed by atoms with Gasteiger partial charge >= 0.3 is 0 Å². The van der Waals surface area contributed by atoms with Gasteiger partial charge in [-0.05, 0) is 43.5 Å². The molecule has 1 amide bonds. The normalized spacial score (nSPS) is 13.9. The van der Waals surface area contributed by atoms with Crippen LogP contribution in [-0.4, -0.2) is 28.4 Å². The molecular formula is C18H21N3O. The molecule has 1 N–H and O–H groups in total. The summed E-state index contributed by atoms with van der Waals surface area (Å²) in [5.41, 5.74) is 3.08. The van der Waals surface area contributed by atoms with Crippen molar-refractivity contribution in [3.8, 4) is 0 Å². The molecule has 0 fully saturated rings. The van der Waals surface area contributed by atoms with E-state index >= 15 is 0 Å². The summed E-state index contributed by atoms with van der Waals surface area (Å²) in [6, 6.07) is 14.2. The van der Waals surface area contributed by atoms with Crippen LogP contribution in [0.3, 0.4) is 0 Å². The molecule has 0 saturated carbocycles. The Morgan fingerprint density at radius 3 is 2.68 bits per heavy atom. The predicted molar refractivity (Wildman–Crippen MR) is 87.9 cm³/mol. The van der Waals surface area contributed by atoms with Crippen LogP contribution in [0.1, 0.15) is 35.5 Å². The number of benzene rings is 1. The van der Waals surface area contributed by atoms with Gasteiger partial charge in [0.15, 0.2) is 0 Å². The van der Waals surface area contributed by atoms with Gasteiger partial charge in [0.1, 0.15) is 11.5 Å². The van der Waals surface area contributed by atoms with Crippen LogP contribution in [0.25, 0.3) is 0 Å². The summed E-state index contributed by atoms with van der Waals surface area (Å²) in [6.07, 6.45) is 0.909. The van der Waals surface area contributed by atoms with E-state index in [9.17, 15) is 4.79 Å². The number of carbonyl (C=O) groups is 1. The van der Waals surface area contributed by atoms with Gasteiger partial charge in [0.05, 0.1) is 0 Å². The zero-order valence-electron chi connectivity index (χ0n) is 13.0. The minimum absolute atomic E-state index is 0.00177. The van der Waals surface area contributed by atoms with Crippen LogP contribution in [-0.2, 0) is 13.0 Å². The molecule has 114 valence electrons. The Morgan fingerprint density at radius 2 is 1.91 bits per heavy atom. The average molecular weight is 295 g/mol. The van der Waals surface area contributed by atoms with Crippen LogP contribution >= 0.6 is 0 Å². The fraction of sp³-hybridized carbons (Fsp3) is 0.333. The number of aromatic nitrogens is 1. The number of hydrogen-bond acceptors (Lipinski definition) is 3. The van der Waals surface area contributed by atoms with E-state index < -0.39 is 0 Å². The highest BCUT2D eigenvalue weighted by molar-refractivity contribution is 5.92. The number of anilines is 1. The van der Waals surface area contributed by atoms with Gasteiger partial charge in [-0.25, -0.2) is 4.98 Å². The van der Waals surface area contributed by atoms with Crippen LogP contribution in [0.4, 0.5) is 5.82 Å². The van der Waals surface area contributed by atoms with Gasteiger partial charge in [-0.15, -0.1) is 0 Å². The highest BCUT2D eigenvalue weighted by Crippen LogP contribution is 2.20. The average Bonchev–Trinajstić information content (AvgIpc) is 2.53. The van der Waals surface area contributed by atoms with E-state index in [-0.39, 0.29) is 5.91 Å². The van der Waals surface area contributed by atoms with Gasteiger partial charge in [0, 0.05) is 19.1 Å². The quantitative estimate of drug-likeness (QED) is 0.946. The molecule has 4 nitrogen and oxygen atoms in total. The van der Waals surface area contributed by atoms with Crippen LogP contribution in [0.2, 0.25) is 0 Å². The number of nitrogens with zero attached hydrogens (tertiary/aromatic N) is 2. The number of nitrogens with one attached hydrogen (secondary N) is 1. The zero-order valence-corrected chi connectivity index (χ0v) is 13.0. The molecule has 0 unspecified atom stereocenters. The standard InChI is InChI=1S/C18H21N3O/c1-13(2)19-17-9-5-8-16(20-17)18(22)21-11-10-14-6-3-4-7-15(14)12-21/h3-9,13H,10-12H2,1-2H3,(H,19,20). The molecule has 1 aromatic carbocycles. The molecule has 1 aliphatic rings. The van der Waals surface area contributed by atoms with Gasteiger partial charge in [-0.1, -0.05) is 30.3 Å². The monoisotopic (exact) mass is 295 g/mol. The minimum atomic E-state index is 0.00177. The van der Waals surface area contributed by atoms with Crippen LogP contribution in [0.15, 0.2) is 42.5 Å². The van der Waals surface area contributed by atoms with Crippen molar-refractivity contribution in [1.82, 2.24) is 9.88 Å². The summed E-state index contributed by atoms with van der Waals surface area (Å²) >= 11 is 0. The maximum atomic E-state index is 12.7. The third kappa shape index (κ3) is 3.11. The minimum Gasteiger partial charge on any atom is -0.368 e. The van der Waals surface area contributed by atoms with Crippen LogP contribution < -0.4 is 5.32 Å². The van der Waals surface area contributed by atoms with Crippen molar-refractivity contribution in [1.29, 1.82) is 0 Å². The van der Waals surface area contributed by atoms with Crippen molar-refractivity contribution in [3.05, 3.63) is 59.3 Å². The first-order valence-corrected chi connectivity index (χ1v) is 7.73. The molecule has 2 aromatic rings. The van der Waals surface area contributed by atoms with E-state index in [1.807, 2.05) is 23.1 Å². The number of fused-ring (bicyclic) bond motifs is 1. The molecule has 1 aromatic heterocycles. The lowest BCUT2D eigenvalue weighted by Crippen LogP contribution is -2.36. The Hall–Kier alpha value is -2.36. The fourth-order valence-electron chi connectivity index (χ4n) is 2.76. The van der Waals surface area contributed by atoms with Gasteiger partial charge in [0.2, 0.25) is 0 Å². The number of amides is 1. The third-order valence-corrected chi connectivity index (χ3v) is 3.82. The van der Waals surface area contributed by atoms with Gasteiger partial charge in [-0.3, -0.25) is 4.79 Å². The van der Waals surface area contributed by atoms with E-state index in [1.165, 1.54) is 11.1 Å². The Kier molecular flexibility index (Phi) is 4.09. The second-order valence-corrected chi connectivity index (χ2v) is 5.95. The molecule has 0 atom stereocenters. The summed E-state index contributed by atoms with van der Waals surface area (Å²) in [7, 11) is 0. The van der Waals surface area contributed by atoms with E-state index in [4.69, 9.17) is 0 Å². The highest BCUT2D eigenvalue weighted by atomic mass is 16.2. The molecule has 1 aliphatic heterocycles. The van der Waals surface area contributed by atoms with Crippen molar-refractivity contribution in [2.45, 2.75) is 32.9 Å². The highest BCUT2D eigenvalue weighted by Gasteiger charge is 2.22. The lowest BCUT2D eigenvalue weighted by Gasteiger charge is -2.28. The lowest BCUT2D eigenvalue weighted by molar-refractivity contribution is 0.0729. The van der Waals surface area contributed by atoms with E-state index in [0.717, 1.165) is 18.8 Å². The topological polar surface area (TPSA) is 45.2 Å². The van der Waals surface area contributed by atoms with Gasteiger partial charge in [0.25, 0.3) is 5.91 Å². The largest absolute Gasteiger partial charge is 0.368 e. The second kappa shape index (κ2) is 6.18. The van der Waals surface area contributed by atoms with E-state index in [2.05, 4.69) is 42.3 Å².